The molecule has 0 spiro atoms. The number of anilines is 1. The summed E-state index contributed by atoms with van der Waals surface area (Å²) < 4.78 is 0. The van der Waals surface area contributed by atoms with Crippen molar-refractivity contribution < 1.29 is 0 Å². The van der Waals surface area contributed by atoms with E-state index in [2.05, 4.69) is 31.0 Å². The van der Waals surface area contributed by atoms with Crippen LogP contribution in [0, 0.1) is 5.92 Å². The van der Waals surface area contributed by atoms with Crippen LogP contribution in [0.3, 0.4) is 0 Å². The smallest absolute Gasteiger partial charge is 0.0642 e. The first-order valence-electron chi connectivity index (χ1n) is 6.83. The van der Waals surface area contributed by atoms with Gasteiger partial charge in [-0.15, -0.1) is 0 Å². The van der Waals surface area contributed by atoms with E-state index in [0.717, 1.165) is 22.2 Å². The van der Waals surface area contributed by atoms with Crippen molar-refractivity contribution >= 4 is 17.3 Å². The van der Waals surface area contributed by atoms with Crippen LogP contribution in [0.4, 0.5) is 5.69 Å². The summed E-state index contributed by atoms with van der Waals surface area (Å²) in [5.41, 5.74) is 7.86. The third-order valence-electron chi connectivity index (χ3n) is 4.16. The third kappa shape index (κ3) is 2.99. The molecule has 18 heavy (non-hydrogen) atoms. The summed E-state index contributed by atoms with van der Waals surface area (Å²) in [4.78, 5) is 2.34. The van der Waals surface area contributed by atoms with Gasteiger partial charge in [0.2, 0.25) is 0 Å². The lowest BCUT2D eigenvalue weighted by molar-refractivity contribution is 0.341. The lowest BCUT2D eigenvalue weighted by atomic mass is 9.86. The van der Waals surface area contributed by atoms with Crippen LogP contribution in [-0.4, -0.2) is 13.1 Å². The zero-order valence-electron chi connectivity index (χ0n) is 11.3. The van der Waals surface area contributed by atoms with Crippen LogP contribution in [0.1, 0.15) is 38.2 Å². The van der Waals surface area contributed by atoms with Gasteiger partial charge in [-0.2, -0.15) is 0 Å². The zero-order chi connectivity index (χ0) is 13.1. The second-order valence-corrected chi connectivity index (χ2v) is 5.92. The third-order valence-corrected chi connectivity index (χ3v) is 4.46. The van der Waals surface area contributed by atoms with Crippen molar-refractivity contribution in [3.05, 3.63) is 28.8 Å². The molecule has 0 aliphatic heterocycles. The van der Waals surface area contributed by atoms with E-state index < -0.39 is 0 Å². The molecule has 3 heteroatoms. The Morgan fingerprint density at radius 2 is 1.94 bits per heavy atom. The molecule has 1 aliphatic carbocycles. The quantitative estimate of drug-likeness (QED) is 0.901. The maximum atomic E-state index is 6.35. The Bertz CT molecular complexity index is 397. The first-order valence-corrected chi connectivity index (χ1v) is 7.21. The minimum absolute atomic E-state index is 0.546. The van der Waals surface area contributed by atoms with Gasteiger partial charge in [-0.05, 0) is 49.3 Å². The predicted molar refractivity (Wildman–Crippen MR) is 79.2 cm³/mol. The lowest BCUT2D eigenvalue weighted by Crippen LogP contribution is -2.35. The molecule has 2 nitrogen and oxygen atoms in total. The minimum atomic E-state index is 0.546. The van der Waals surface area contributed by atoms with Crippen LogP contribution in [0.15, 0.2) is 18.2 Å². The first-order chi connectivity index (χ1) is 8.61. The number of rotatable bonds is 3. The number of nitrogens with two attached hydrogens (primary N) is 1. The van der Waals surface area contributed by atoms with E-state index in [-0.39, 0.29) is 0 Å². The summed E-state index contributed by atoms with van der Waals surface area (Å²) in [7, 11) is 2.16. The minimum Gasteiger partial charge on any atom is -0.370 e. The number of nitrogens with zero attached hydrogens (tertiary/aromatic N) is 1. The second-order valence-electron chi connectivity index (χ2n) is 5.51. The molecule has 0 bridgehead atoms. The molecular formula is C15H23ClN2. The molecule has 0 heterocycles. The summed E-state index contributed by atoms with van der Waals surface area (Å²) in [5, 5.41) is 0.819. The van der Waals surface area contributed by atoms with E-state index in [9.17, 15) is 0 Å². The normalized spacial score (nSPS) is 24.0. The highest BCUT2D eigenvalue weighted by Crippen LogP contribution is 2.33. The molecule has 2 rings (SSSR count). The number of benzene rings is 1. The molecule has 0 aromatic heterocycles. The average Bonchev–Trinajstić information content (AvgIpc) is 2.38. The summed E-state index contributed by atoms with van der Waals surface area (Å²) in [5.74, 6) is 0.879. The van der Waals surface area contributed by atoms with E-state index in [1.54, 1.807) is 0 Å². The maximum Gasteiger partial charge on any atom is 0.0642 e. The molecule has 1 aromatic rings. The van der Waals surface area contributed by atoms with Crippen LogP contribution in [0.5, 0.6) is 0 Å². The fraction of sp³-hybridized carbons (Fsp3) is 0.600. The van der Waals surface area contributed by atoms with Crippen LogP contribution >= 0.6 is 11.6 Å². The van der Waals surface area contributed by atoms with Gasteiger partial charge in [0, 0.05) is 19.6 Å². The van der Waals surface area contributed by atoms with Crippen LogP contribution in [0.2, 0.25) is 5.02 Å². The topological polar surface area (TPSA) is 29.3 Å². The van der Waals surface area contributed by atoms with Gasteiger partial charge in [0.15, 0.2) is 0 Å². The number of hydrogen-bond donors (Lipinski definition) is 1. The van der Waals surface area contributed by atoms with Gasteiger partial charge in [-0.1, -0.05) is 24.6 Å². The Balaban J connectivity index is 2.11. The van der Waals surface area contributed by atoms with Crippen molar-refractivity contribution in [3.8, 4) is 0 Å². The van der Waals surface area contributed by atoms with Gasteiger partial charge < -0.3 is 10.6 Å². The zero-order valence-corrected chi connectivity index (χ0v) is 12.1. The molecule has 1 saturated carbocycles. The Morgan fingerprint density at radius 3 is 2.50 bits per heavy atom. The molecule has 0 amide bonds. The van der Waals surface area contributed by atoms with Crippen molar-refractivity contribution in [1.82, 2.24) is 0 Å². The highest BCUT2D eigenvalue weighted by atomic mass is 35.5. The van der Waals surface area contributed by atoms with Gasteiger partial charge in [0.1, 0.15) is 0 Å². The van der Waals surface area contributed by atoms with Gasteiger partial charge in [-0.25, -0.2) is 0 Å². The van der Waals surface area contributed by atoms with E-state index in [4.69, 9.17) is 17.3 Å². The summed E-state index contributed by atoms with van der Waals surface area (Å²) in [6.07, 6.45) is 5.19. The second kappa shape index (κ2) is 5.94. The van der Waals surface area contributed by atoms with E-state index in [0.29, 0.717) is 12.6 Å². The highest BCUT2D eigenvalue weighted by Gasteiger charge is 2.22. The Hall–Kier alpha value is -0.730. The lowest BCUT2D eigenvalue weighted by Gasteiger charge is -2.35. The Morgan fingerprint density at radius 1 is 1.28 bits per heavy atom. The van der Waals surface area contributed by atoms with Crippen molar-refractivity contribution in [2.24, 2.45) is 11.7 Å². The maximum absolute atomic E-state index is 6.35. The standard InChI is InChI=1S/C15H23ClN2/c1-11-3-6-13(7-4-11)18(2)15-8-5-12(10-17)9-14(15)16/h5,8-9,11,13H,3-4,6-7,10,17H2,1-2H3. The molecule has 1 aromatic carbocycles. The molecule has 2 N–H and O–H groups in total. The van der Waals surface area contributed by atoms with Crippen LogP contribution in [0.25, 0.3) is 0 Å². The molecule has 100 valence electrons. The molecule has 1 fully saturated rings. The largest absolute Gasteiger partial charge is 0.370 e. The highest BCUT2D eigenvalue weighted by molar-refractivity contribution is 6.33. The Kier molecular flexibility index (Phi) is 4.52. The average molecular weight is 267 g/mol. The van der Waals surface area contributed by atoms with E-state index in [1.165, 1.54) is 25.7 Å². The van der Waals surface area contributed by atoms with Gasteiger partial charge in [0.05, 0.1) is 10.7 Å². The molecular weight excluding hydrogens is 244 g/mol. The summed E-state index contributed by atoms with van der Waals surface area (Å²) in [6, 6.07) is 6.78. The molecule has 1 aliphatic rings. The predicted octanol–water partition coefficient (Wildman–Crippen LogP) is 3.81. The Labute approximate surface area is 115 Å². The SMILES string of the molecule is CC1CCC(N(C)c2ccc(CN)cc2Cl)CC1. The van der Waals surface area contributed by atoms with Gasteiger partial charge >= 0.3 is 0 Å². The van der Waals surface area contributed by atoms with Gasteiger partial charge in [0.25, 0.3) is 0 Å². The monoisotopic (exact) mass is 266 g/mol. The van der Waals surface area contributed by atoms with Gasteiger partial charge in [-0.3, -0.25) is 0 Å². The molecule has 0 radical (unpaired) electrons. The van der Waals surface area contributed by atoms with E-state index >= 15 is 0 Å². The fourth-order valence-electron chi connectivity index (χ4n) is 2.79. The van der Waals surface area contributed by atoms with Crippen molar-refractivity contribution in [3.63, 3.8) is 0 Å². The summed E-state index contributed by atoms with van der Waals surface area (Å²) in [6.45, 7) is 2.89. The number of hydrogen-bond acceptors (Lipinski definition) is 2. The molecule has 0 saturated heterocycles. The molecule has 0 unspecified atom stereocenters. The van der Waals surface area contributed by atoms with Crippen molar-refractivity contribution in [2.75, 3.05) is 11.9 Å². The fourth-order valence-corrected chi connectivity index (χ4v) is 3.13. The van der Waals surface area contributed by atoms with Crippen LogP contribution < -0.4 is 10.6 Å². The van der Waals surface area contributed by atoms with Crippen molar-refractivity contribution in [2.45, 2.75) is 45.2 Å². The summed E-state index contributed by atoms with van der Waals surface area (Å²) >= 11 is 6.35. The molecule has 0 atom stereocenters. The van der Waals surface area contributed by atoms with Crippen LogP contribution in [-0.2, 0) is 6.54 Å². The van der Waals surface area contributed by atoms with E-state index in [1.807, 2.05) is 6.07 Å². The number of halogens is 1. The van der Waals surface area contributed by atoms with Crippen molar-refractivity contribution in [1.29, 1.82) is 0 Å². The first kappa shape index (κ1) is 13.7.